The summed E-state index contributed by atoms with van der Waals surface area (Å²) in [6, 6.07) is 15.4. The lowest BCUT2D eigenvalue weighted by Crippen LogP contribution is -1.84. The van der Waals surface area contributed by atoms with Crippen LogP contribution in [-0.4, -0.2) is 17.3 Å². The third-order valence-corrected chi connectivity index (χ3v) is 3.28. The number of nitriles is 1. The molecule has 4 nitrogen and oxygen atoms in total. The van der Waals surface area contributed by atoms with Gasteiger partial charge in [0.1, 0.15) is 11.6 Å². The fourth-order valence-electron chi connectivity index (χ4n) is 2.21. The smallest absolute Gasteiger partial charge is 0.125 e. The summed E-state index contributed by atoms with van der Waals surface area (Å²) < 4.78 is 18.7. The number of H-pyrrole nitrogens is 1. The lowest BCUT2D eigenvalue weighted by molar-refractivity contribution is 0.415. The summed E-state index contributed by atoms with van der Waals surface area (Å²) in [4.78, 5) is 0. The molecule has 0 bridgehead atoms. The minimum atomic E-state index is -0.458. The molecule has 3 rings (SSSR count). The molecular formula is C17H12FN3O. The minimum Gasteiger partial charge on any atom is -0.497 e. The summed E-state index contributed by atoms with van der Waals surface area (Å²) in [5, 5.41) is 16.0. The van der Waals surface area contributed by atoms with Crippen molar-refractivity contribution in [3.8, 4) is 34.3 Å². The van der Waals surface area contributed by atoms with Gasteiger partial charge in [-0.1, -0.05) is 12.1 Å². The number of hydrogen-bond donors (Lipinski definition) is 1. The number of aromatic amines is 1. The largest absolute Gasteiger partial charge is 0.497 e. The van der Waals surface area contributed by atoms with Gasteiger partial charge in [0.05, 0.1) is 30.1 Å². The Balaban J connectivity index is 2.00. The molecule has 0 aliphatic heterocycles. The van der Waals surface area contributed by atoms with Crippen LogP contribution in [0.2, 0.25) is 0 Å². The van der Waals surface area contributed by atoms with Crippen LogP contribution in [0.25, 0.3) is 22.5 Å². The van der Waals surface area contributed by atoms with E-state index >= 15 is 0 Å². The Morgan fingerprint density at radius 2 is 2.00 bits per heavy atom. The van der Waals surface area contributed by atoms with E-state index in [1.165, 1.54) is 12.1 Å². The molecule has 0 fully saturated rings. The monoisotopic (exact) mass is 293 g/mol. The topological polar surface area (TPSA) is 61.7 Å². The fraction of sp³-hybridized carbons (Fsp3) is 0.0588. The number of methoxy groups -OCH3 is 1. The van der Waals surface area contributed by atoms with Crippen molar-refractivity contribution in [1.29, 1.82) is 5.26 Å². The van der Waals surface area contributed by atoms with Gasteiger partial charge in [-0.2, -0.15) is 10.4 Å². The van der Waals surface area contributed by atoms with Crippen molar-refractivity contribution in [2.45, 2.75) is 0 Å². The second-order valence-corrected chi connectivity index (χ2v) is 4.74. The first-order valence-corrected chi connectivity index (χ1v) is 6.60. The third kappa shape index (κ3) is 2.67. The zero-order valence-electron chi connectivity index (χ0n) is 11.8. The summed E-state index contributed by atoms with van der Waals surface area (Å²) in [6.45, 7) is 0. The lowest BCUT2D eigenvalue weighted by atomic mass is 10.1. The van der Waals surface area contributed by atoms with Crippen LogP contribution in [0.15, 0.2) is 48.5 Å². The van der Waals surface area contributed by atoms with Crippen LogP contribution in [0.4, 0.5) is 4.39 Å². The maximum absolute atomic E-state index is 13.5. The van der Waals surface area contributed by atoms with Gasteiger partial charge in [0.2, 0.25) is 0 Å². The minimum absolute atomic E-state index is 0.265. The van der Waals surface area contributed by atoms with Gasteiger partial charge in [0.25, 0.3) is 0 Å². The molecule has 108 valence electrons. The van der Waals surface area contributed by atoms with Crippen LogP contribution in [0.3, 0.4) is 0 Å². The Morgan fingerprint density at radius 3 is 2.77 bits per heavy atom. The Kier molecular flexibility index (Phi) is 3.58. The molecule has 1 aromatic heterocycles. The van der Waals surface area contributed by atoms with Crippen molar-refractivity contribution >= 4 is 0 Å². The average Bonchev–Trinajstić information content (AvgIpc) is 3.04. The molecule has 0 saturated heterocycles. The molecule has 0 radical (unpaired) electrons. The van der Waals surface area contributed by atoms with Crippen LogP contribution in [0.1, 0.15) is 5.56 Å². The van der Waals surface area contributed by atoms with E-state index in [0.29, 0.717) is 11.3 Å². The molecule has 0 aliphatic carbocycles. The molecule has 1 heterocycles. The van der Waals surface area contributed by atoms with E-state index in [-0.39, 0.29) is 5.56 Å². The van der Waals surface area contributed by atoms with E-state index in [1.54, 1.807) is 13.2 Å². The molecule has 0 aliphatic rings. The van der Waals surface area contributed by atoms with E-state index in [2.05, 4.69) is 10.2 Å². The zero-order chi connectivity index (χ0) is 15.5. The van der Waals surface area contributed by atoms with Crippen molar-refractivity contribution in [2.75, 3.05) is 7.11 Å². The van der Waals surface area contributed by atoms with Crippen LogP contribution < -0.4 is 4.74 Å². The Bertz CT molecular complexity index is 864. The van der Waals surface area contributed by atoms with Gasteiger partial charge in [0, 0.05) is 11.1 Å². The first kappa shape index (κ1) is 13.8. The van der Waals surface area contributed by atoms with Crippen molar-refractivity contribution in [1.82, 2.24) is 10.2 Å². The maximum atomic E-state index is 13.5. The highest BCUT2D eigenvalue weighted by Crippen LogP contribution is 2.27. The molecular weight excluding hydrogens is 281 g/mol. The lowest BCUT2D eigenvalue weighted by Gasteiger charge is -2.01. The highest BCUT2D eigenvalue weighted by molar-refractivity contribution is 5.69. The number of nitrogens with zero attached hydrogens (tertiary/aromatic N) is 2. The number of aromatic nitrogens is 2. The molecule has 0 spiro atoms. The first-order chi connectivity index (χ1) is 10.7. The number of nitrogens with one attached hydrogen (secondary N) is 1. The highest BCUT2D eigenvalue weighted by Gasteiger charge is 2.09. The maximum Gasteiger partial charge on any atom is 0.125 e. The predicted molar refractivity (Wildman–Crippen MR) is 80.7 cm³/mol. The van der Waals surface area contributed by atoms with Gasteiger partial charge in [-0.15, -0.1) is 0 Å². The van der Waals surface area contributed by atoms with Crippen LogP contribution in [0.5, 0.6) is 5.75 Å². The average molecular weight is 293 g/mol. The summed E-state index contributed by atoms with van der Waals surface area (Å²) in [5.74, 6) is 0.283. The molecule has 0 atom stereocenters. The van der Waals surface area contributed by atoms with Gasteiger partial charge in [-0.3, -0.25) is 5.10 Å². The van der Waals surface area contributed by atoms with Crippen molar-refractivity contribution < 1.29 is 9.13 Å². The standard InChI is InChI=1S/C17H12FN3O/c1-22-15-4-2-3-12(8-15)16-9-17(21-20-16)13-5-11(10-19)6-14(18)7-13/h2-9H,1H3,(H,20,21). The van der Waals surface area contributed by atoms with Gasteiger partial charge in [-0.05, 0) is 36.4 Å². The van der Waals surface area contributed by atoms with Crippen molar-refractivity contribution in [3.63, 3.8) is 0 Å². The SMILES string of the molecule is COc1cccc(-c2cc(-c3cc(F)cc(C#N)c3)n[nH]2)c1. The number of benzene rings is 2. The molecule has 1 N–H and O–H groups in total. The van der Waals surface area contributed by atoms with Gasteiger partial charge >= 0.3 is 0 Å². The summed E-state index contributed by atoms with van der Waals surface area (Å²) in [5.41, 5.74) is 3.10. The second-order valence-electron chi connectivity index (χ2n) is 4.74. The molecule has 0 amide bonds. The quantitative estimate of drug-likeness (QED) is 0.799. The highest BCUT2D eigenvalue weighted by atomic mass is 19.1. The van der Waals surface area contributed by atoms with Crippen LogP contribution in [-0.2, 0) is 0 Å². The number of ether oxygens (including phenoxy) is 1. The first-order valence-electron chi connectivity index (χ1n) is 6.60. The van der Waals surface area contributed by atoms with Gasteiger partial charge < -0.3 is 4.74 Å². The van der Waals surface area contributed by atoms with E-state index in [1.807, 2.05) is 36.4 Å². The number of halogens is 1. The zero-order valence-corrected chi connectivity index (χ0v) is 11.8. The van der Waals surface area contributed by atoms with Crippen molar-refractivity contribution in [3.05, 3.63) is 59.9 Å². The second kappa shape index (κ2) is 5.70. The van der Waals surface area contributed by atoms with Gasteiger partial charge in [0.15, 0.2) is 0 Å². The molecule has 0 unspecified atom stereocenters. The van der Waals surface area contributed by atoms with Crippen molar-refractivity contribution in [2.24, 2.45) is 0 Å². The van der Waals surface area contributed by atoms with Crippen LogP contribution >= 0.6 is 0 Å². The molecule has 2 aromatic carbocycles. The fourth-order valence-corrected chi connectivity index (χ4v) is 2.21. The molecule has 5 heteroatoms. The summed E-state index contributed by atoms with van der Waals surface area (Å²) in [6.07, 6.45) is 0. The summed E-state index contributed by atoms with van der Waals surface area (Å²) >= 11 is 0. The van der Waals surface area contributed by atoms with Gasteiger partial charge in [-0.25, -0.2) is 4.39 Å². The predicted octanol–water partition coefficient (Wildman–Crippen LogP) is 3.76. The van der Waals surface area contributed by atoms with E-state index in [4.69, 9.17) is 10.00 Å². The number of hydrogen-bond acceptors (Lipinski definition) is 3. The third-order valence-electron chi connectivity index (χ3n) is 3.28. The molecule has 0 saturated carbocycles. The summed E-state index contributed by atoms with van der Waals surface area (Å²) in [7, 11) is 1.60. The van der Waals surface area contributed by atoms with E-state index in [0.717, 1.165) is 17.0 Å². The normalized spacial score (nSPS) is 10.2. The Morgan fingerprint density at radius 1 is 1.14 bits per heavy atom. The Labute approximate surface area is 126 Å². The van der Waals surface area contributed by atoms with E-state index < -0.39 is 5.82 Å². The molecule has 3 aromatic rings. The number of rotatable bonds is 3. The molecule has 22 heavy (non-hydrogen) atoms. The van der Waals surface area contributed by atoms with Crippen LogP contribution in [0, 0.1) is 17.1 Å². The van der Waals surface area contributed by atoms with E-state index in [9.17, 15) is 4.39 Å². The Hall–Kier alpha value is -3.13.